The van der Waals surface area contributed by atoms with Crippen molar-refractivity contribution < 1.29 is 23.1 Å². The molecule has 1 atom stereocenters. The van der Waals surface area contributed by atoms with Gasteiger partial charge >= 0.3 is 12.1 Å². The molecule has 1 unspecified atom stereocenters. The van der Waals surface area contributed by atoms with Crippen LogP contribution in [-0.4, -0.2) is 15.6 Å². The van der Waals surface area contributed by atoms with E-state index in [4.69, 9.17) is 11.6 Å². The van der Waals surface area contributed by atoms with Crippen molar-refractivity contribution in [1.82, 2.24) is 9.88 Å². The number of carboxylic acids is 1. The molecule has 1 heterocycles. The zero-order valence-electron chi connectivity index (χ0n) is 17.3. The van der Waals surface area contributed by atoms with Crippen molar-refractivity contribution in [1.29, 1.82) is 0 Å². The van der Waals surface area contributed by atoms with Crippen molar-refractivity contribution in [2.24, 2.45) is 0 Å². The fraction of sp³-hybridized carbons (Fsp3) is 0.160. The summed E-state index contributed by atoms with van der Waals surface area (Å²) in [6, 6.07) is 18.6. The van der Waals surface area contributed by atoms with E-state index in [1.165, 1.54) is 12.1 Å². The van der Waals surface area contributed by atoms with E-state index < -0.39 is 23.8 Å². The molecule has 1 aromatic heterocycles. The van der Waals surface area contributed by atoms with Gasteiger partial charge in [-0.05, 0) is 35.4 Å². The Hall–Kier alpha value is -3.29. The molecule has 0 saturated carbocycles. The number of nitrogens with one attached hydrogen (secondary N) is 1. The van der Waals surface area contributed by atoms with Crippen molar-refractivity contribution in [2.45, 2.75) is 25.3 Å². The maximum atomic E-state index is 13.0. The van der Waals surface area contributed by atoms with Gasteiger partial charge in [-0.2, -0.15) is 13.2 Å². The molecule has 0 aliphatic carbocycles. The van der Waals surface area contributed by atoms with E-state index in [0.717, 1.165) is 28.6 Å². The van der Waals surface area contributed by atoms with Gasteiger partial charge in [0.1, 0.15) is 6.04 Å². The molecular formula is C25H20ClF3N2O2. The molecule has 170 valence electrons. The number of rotatable bonds is 7. The molecule has 0 bridgehead atoms. The van der Waals surface area contributed by atoms with Crippen LogP contribution in [0, 0.1) is 0 Å². The van der Waals surface area contributed by atoms with Gasteiger partial charge in [0.2, 0.25) is 0 Å². The number of hydrogen-bond acceptors (Lipinski definition) is 2. The molecule has 8 heteroatoms. The van der Waals surface area contributed by atoms with Gasteiger partial charge in [-0.1, -0.05) is 60.1 Å². The Morgan fingerprint density at radius 3 is 2.42 bits per heavy atom. The summed E-state index contributed by atoms with van der Waals surface area (Å²) >= 11 is 5.97. The van der Waals surface area contributed by atoms with E-state index in [2.05, 4.69) is 5.32 Å². The summed E-state index contributed by atoms with van der Waals surface area (Å²) in [6.45, 7) is 0.481. The van der Waals surface area contributed by atoms with Crippen molar-refractivity contribution in [3.8, 4) is 0 Å². The van der Waals surface area contributed by atoms with Crippen molar-refractivity contribution >= 4 is 28.5 Å². The van der Waals surface area contributed by atoms with Gasteiger partial charge in [-0.25, -0.2) is 0 Å². The summed E-state index contributed by atoms with van der Waals surface area (Å²) in [7, 11) is 0. The highest BCUT2D eigenvalue weighted by molar-refractivity contribution is 6.30. The molecule has 4 nitrogen and oxygen atoms in total. The van der Waals surface area contributed by atoms with Crippen LogP contribution in [0.15, 0.2) is 79.0 Å². The Kier molecular flexibility index (Phi) is 6.44. The molecule has 0 spiro atoms. The maximum Gasteiger partial charge on any atom is 0.416 e. The van der Waals surface area contributed by atoms with Crippen LogP contribution in [0.5, 0.6) is 0 Å². The molecule has 4 rings (SSSR count). The number of nitrogens with zero attached hydrogens (tertiary/aromatic N) is 1. The summed E-state index contributed by atoms with van der Waals surface area (Å²) in [5, 5.41) is 14.2. The number of halogens is 4. The van der Waals surface area contributed by atoms with Gasteiger partial charge in [-0.15, -0.1) is 0 Å². The first-order valence-electron chi connectivity index (χ1n) is 10.2. The third kappa shape index (κ3) is 5.21. The summed E-state index contributed by atoms with van der Waals surface area (Å²) < 4.78 is 41.0. The van der Waals surface area contributed by atoms with Crippen LogP contribution in [0.2, 0.25) is 5.02 Å². The van der Waals surface area contributed by atoms with E-state index in [9.17, 15) is 23.1 Å². The molecule has 3 aromatic carbocycles. The van der Waals surface area contributed by atoms with Gasteiger partial charge in [0, 0.05) is 40.8 Å². The lowest BCUT2D eigenvalue weighted by molar-refractivity contribution is -0.140. The molecule has 0 saturated heterocycles. The van der Waals surface area contributed by atoms with Crippen LogP contribution in [0.1, 0.15) is 28.3 Å². The fourth-order valence-electron chi connectivity index (χ4n) is 3.83. The number of alkyl halides is 3. The SMILES string of the molecule is O=C(O)C(NCc1cccc(C(F)(F)F)c1)c1cn(Cc2ccc(Cl)cc2)c2ccccc12. The van der Waals surface area contributed by atoms with Crippen LogP contribution in [0.4, 0.5) is 13.2 Å². The number of aromatic nitrogens is 1. The molecule has 0 aliphatic rings. The van der Waals surface area contributed by atoms with Crippen LogP contribution >= 0.6 is 11.6 Å². The average molecular weight is 473 g/mol. The predicted molar refractivity (Wildman–Crippen MR) is 121 cm³/mol. The van der Waals surface area contributed by atoms with Crippen molar-refractivity contribution in [2.75, 3.05) is 0 Å². The number of carboxylic acid groups (broad SMARTS) is 1. The van der Waals surface area contributed by atoms with E-state index in [1.807, 2.05) is 41.0 Å². The van der Waals surface area contributed by atoms with Gasteiger partial charge in [0.05, 0.1) is 5.56 Å². The summed E-state index contributed by atoms with van der Waals surface area (Å²) in [5.41, 5.74) is 1.97. The Morgan fingerprint density at radius 2 is 1.73 bits per heavy atom. The summed E-state index contributed by atoms with van der Waals surface area (Å²) in [4.78, 5) is 12.1. The standard InChI is InChI=1S/C25H20ClF3N2O2/c26-19-10-8-16(9-11-19)14-31-15-21(20-6-1-2-7-22(20)31)23(24(32)33)30-13-17-4-3-5-18(12-17)25(27,28)29/h1-12,15,23,30H,13-14H2,(H,32,33). The lowest BCUT2D eigenvalue weighted by Gasteiger charge is -2.15. The zero-order chi connectivity index (χ0) is 23.6. The number of aliphatic carboxylic acids is 1. The maximum absolute atomic E-state index is 13.0. The summed E-state index contributed by atoms with van der Waals surface area (Å²) in [6.07, 6.45) is -2.69. The molecule has 0 amide bonds. The zero-order valence-corrected chi connectivity index (χ0v) is 18.1. The highest BCUT2D eigenvalue weighted by atomic mass is 35.5. The Labute approximate surface area is 193 Å². The van der Waals surface area contributed by atoms with Gasteiger partial charge < -0.3 is 9.67 Å². The lowest BCUT2D eigenvalue weighted by Crippen LogP contribution is -2.28. The highest BCUT2D eigenvalue weighted by Crippen LogP contribution is 2.31. The van der Waals surface area contributed by atoms with Crippen LogP contribution in [-0.2, 0) is 24.1 Å². The molecule has 33 heavy (non-hydrogen) atoms. The number of hydrogen-bond donors (Lipinski definition) is 2. The monoisotopic (exact) mass is 472 g/mol. The third-order valence-electron chi connectivity index (χ3n) is 5.41. The van der Waals surface area contributed by atoms with Gasteiger partial charge in [0.15, 0.2) is 0 Å². The van der Waals surface area contributed by atoms with Crippen molar-refractivity contribution in [3.63, 3.8) is 0 Å². The van der Waals surface area contributed by atoms with Crippen LogP contribution in [0.25, 0.3) is 10.9 Å². The Morgan fingerprint density at radius 1 is 1.00 bits per heavy atom. The van der Waals surface area contributed by atoms with Crippen LogP contribution in [0.3, 0.4) is 0 Å². The second-order valence-corrected chi connectivity index (χ2v) is 8.14. The first-order chi connectivity index (χ1) is 15.7. The minimum Gasteiger partial charge on any atom is -0.480 e. The molecule has 0 radical (unpaired) electrons. The van der Waals surface area contributed by atoms with Crippen molar-refractivity contribution in [3.05, 3.63) is 106 Å². The Balaban J connectivity index is 1.64. The van der Waals surface area contributed by atoms with Gasteiger partial charge in [0.25, 0.3) is 0 Å². The Bertz CT molecular complexity index is 1280. The number of carbonyl (C=O) groups is 1. The smallest absolute Gasteiger partial charge is 0.416 e. The quantitative estimate of drug-likeness (QED) is 0.333. The minimum atomic E-state index is -4.46. The summed E-state index contributed by atoms with van der Waals surface area (Å²) in [5.74, 6) is -1.11. The van der Waals surface area contributed by atoms with E-state index in [1.54, 1.807) is 18.3 Å². The topological polar surface area (TPSA) is 54.3 Å². The first kappa shape index (κ1) is 22.9. The molecule has 0 aliphatic heterocycles. The third-order valence-corrected chi connectivity index (χ3v) is 5.66. The van der Waals surface area contributed by atoms with E-state index >= 15 is 0 Å². The van der Waals surface area contributed by atoms with E-state index in [-0.39, 0.29) is 6.54 Å². The molecule has 0 fully saturated rings. The number of benzene rings is 3. The number of fused-ring (bicyclic) bond motifs is 1. The molecule has 4 aromatic rings. The lowest BCUT2D eigenvalue weighted by atomic mass is 10.0. The van der Waals surface area contributed by atoms with Crippen LogP contribution < -0.4 is 5.32 Å². The highest BCUT2D eigenvalue weighted by Gasteiger charge is 2.30. The second kappa shape index (κ2) is 9.29. The fourth-order valence-corrected chi connectivity index (χ4v) is 3.96. The molecule has 2 N–H and O–H groups in total. The molecular weight excluding hydrogens is 453 g/mol. The van der Waals surface area contributed by atoms with E-state index in [0.29, 0.717) is 22.7 Å². The largest absolute Gasteiger partial charge is 0.480 e. The normalized spacial score (nSPS) is 12.7. The number of para-hydroxylation sites is 1. The second-order valence-electron chi connectivity index (χ2n) is 7.71. The predicted octanol–water partition coefficient (Wildman–Crippen LogP) is 6.28. The minimum absolute atomic E-state index is 0.0302. The van der Waals surface area contributed by atoms with Gasteiger partial charge in [-0.3, -0.25) is 10.1 Å². The average Bonchev–Trinajstić information content (AvgIpc) is 3.13. The first-order valence-corrected chi connectivity index (χ1v) is 10.5.